The number of furan rings is 1. The van der Waals surface area contributed by atoms with Gasteiger partial charge in [-0.3, -0.25) is 9.10 Å². The van der Waals surface area contributed by atoms with Crippen LogP contribution >= 0.6 is 0 Å². The van der Waals surface area contributed by atoms with Crippen LogP contribution in [0.5, 0.6) is 0 Å². The SMILES string of the molecule is CN(c1cc2oc3c4ccc(F)cc4[nH]c(=O)c3c2cc1C(=N)/C=C(\N)c1cc2c(F)cccc2[nH]1)S(C)(=O)=O. The lowest BCUT2D eigenvalue weighted by Crippen LogP contribution is -2.26. The molecule has 0 amide bonds. The van der Waals surface area contributed by atoms with Gasteiger partial charge in [0.05, 0.1) is 39.9 Å². The van der Waals surface area contributed by atoms with Crippen LogP contribution in [-0.4, -0.2) is 37.4 Å². The molecule has 6 rings (SSSR count). The second-order valence-corrected chi connectivity index (χ2v) is 11.5. The summed E-state index contributed by atoms with van der Waals surface area (Å²) < 4.78 is 60.0. The van der Waals surface area contributed by atoms with Gasteiger partial charge in [0.1, 0.15) is 22.8 Å². The highest BCUT2D eigenvalue weighted by atomic mass is 32.2. The minimum absolute atomic E-state index is 0.108. The third kappa shape index (κ3) is 4.00. The molecule has 0 aliphatic heterocycles. The van der Waals surface area contributed by atoms with Gasteiger partial charge in [0.15, 0.2) is 0 Å². The smallest absolute Gasteiger partial charge is 0.260 e. The second-order valence-electron chi connectivity index (χ2n) is 9.44. The number of nitrogens with zero attached hydrogens (tertiary/aromatic N) is 1. The standard InChI is InChI=1S/C28H21F2N5O4S/c1-35(40(2,37)38)24-12-25-17(26-27(39-25)14-7-6-13(29)8-22(14)34-28(26)36)9-16(24)19(31)11-20(32)23-10-15-18(30)4-3-5-21(15)33-23/h3-12,31,33H,32H2,1-2H3,(H,34,36)/b20-11-,31-19?. The van der Waals surface area contributed by atoms with E-state index in [0.29, 0.717) is 27.4 Å². The number of pyridine rings is 1. The van der Waals surface area contributed by atoms with Gasteiger partial charge in [0.2, 0.25) is 10.0 Å². The topological polar surface area (TPSA) is 149 Å². The molecule has 5 N–H and O–H groups in total. The van der Waals surface area contributed by atoms with Gasteiger partial charge in [-0.25, -0.2) is 17.2 Å². The van der Waals surface area contributed by atoms with Crippen molar-refractivity contribution in [2.24, 2.45) is 5.73 Å². The average Bonchev–Trinajstić information content (AvgIpc) is 3.49. The fourth-order valence-corrected chi connectivity index (χ4v) is 5.30. The van der Waals surface area contributed by atoms with E-state index >= 15 is 0 Å². The van der Waals surface area contributed by atoms with E-state index in [2.05, 4.69) is 9.97 Å². The maximum atomic E-state index is 14.2. The number of benzene rings is 3. The van der Waals surface area contributed by atoms with Crippen molar-refractivity contribution in [3.63, 3.8) is 0 Å². The van der Waals surface area contributed by atoms with Gasteiger partial charge >= 0.3 is 0 Å². The van der Waals surface area contributed by atoms with Crippen molar-refractivity contribution in [2.75, 3.05) is 17.6 Å². The first kappa shape index (κ1) is 25.3. The average molecular weight is 562 g/mol. The number of aromatic nitrogens is 2. The van der Waals surface area contributed by atoms with Crippen molar-refractivity contribution in [3.8, 4) is 0 Å². The number of rotatable bonds is 5. The maximum absolute atomic E-state index is 14.2. The molecule has 0 fully saturated rings. The molecule has 0 bridgehead atoms. The summed E-state index contributed by atoms with van der Waals surface area (Å²) in [7, 11) is -2.45. The first-order valence-corrected chi connectivity index (χ1v) is 13.8. The Morgan fingerprint density at radius 3 is 2.52 bits per heavy atom. The molecule has 6 aromatic rings. The Balaban J connectivity index is 1.58. The van der Waals surface area contributed by atoms with E-state index in [1.54, 1.807) is 12.1 Å². The van der Waals surface area contributed by atoms with Gasteiger partial charge in [-0.2, -0.15) is 0 Å². The van der Waals surface area contributed by atoms with Crippen molar-refractivity contribution in [1.82, 2.24) is 9.97 Å². The number of hydrogen-bond acceptors (Lipinski definition) is 6. The third-order valence-corrected chi connectivity index (χ3v) is 8.05. The van der Waals surface area contributed by atoms with Gasteiger partial charge in [-0.1, -0.05) is 6.07 Å². The van der Waals surface area contributed by atoms with Gasteiger partial charge in [-0.15, -0.1) is 0 Å². The van der Waals surface area contributed by atoms with Crippen LogP contribution in [0.4, 0.5) is 14.5 Å². The van der Waals surface area contributed by atoms with E-state index in [-0.39, 0.29) is 44.7 Å². The van der Waals surface area contributed by atoms with Gasteiger partial charge in [0.25, 0.3) is 5.56 Å². The minimum Gasteiger partial charge on any atom is -0.455 e. The van der Waals surface area contributed by atoms with E-state index in [1.807, 2.05) is 0 Å². The predicted octanol–water partition coefficient (Wildman–Crippen LogP) is 4.95. The number of hydrogen-bond donors (Lipinski definition) is 4. The Morgan fingerprint density at radius 2 is 1.80 bits per heavy atom. The lowest BCUT2D eigenvalue weighted by Gasteiger charge is -2.20. The van der Waals surface area contributed by atoms with Crippen LogP contribution in [0.3, 0.4) is 0 Å². The molecule has 0 aliphatic rings. The number of nitrogens with one attached hydrogen (secondary N) is 3. The highest BCUT2D eigenvalue weighted by Gasteiger charge is 2.23. The molecule has 0 atom stereocenters. The Labute approximate surface area is 225 Å². The Kier molecular flexibility index (Phi) is 5.56. The van der Waals surface area contributed by atoms with Crippen molar-refractivity contribution >= 4 is 70.9 Å². The van der Waals surface area contributed by atoms with E-state index in [9.17, 15) is 22.0 Å². The third-order valence-electron chi connectivity index (χ3n) is 6.86. The molecule has 3 heterocycles. The molecule has 3 aromatic carbocycles. The van der Waals surface area contributed by atoms with Crippen molar-refractivity contribution in [3.05, 3.63) is 93.9 Å². The Morgan fingerprint density at radius 1 is 1.02 bits per heavy atom. The molecule has 0 unspecified atom stereocenters. The normalized spacial score (nSPS) is 12.7. The highest BCUT2D eigenvalue weighted by molar-refractivity contribution is 7.92. The summed E-state index contributed by atoms with van der Waals surface area (Å²) >= 11 is 0. The fourth-order valence-electron chi connectivity index (χ4n) is 4.79. The number of sulfonamides is 1. The summed E-state index contributed by atoms with van der Waals surface area (Å²) in [5, 5.41) is 10.1. The van der Waals surface area contributed by atoms with E-state index in [4.69, 9.17) is 15.6 Å². The van der Waals surface area contributed by atoms with Crippen molar-refractivity contribution < 1.29 is 21.6 Å². The monoisotopic (exact) mass is 561 g/mol. The molecule has 202 valence electrons. The molecule has 40 heavy (non-hydrogen) atoms. The lowest BCUT2D eigenvalue weighted by atomic mass is 10.0. The van der Waals surface area contributed by atoms with E-state index < -0.39 is 27.2 Å². The number of H-pyrrole nitrogens is 2. The summed E-state index contributed by atoms with van der Waals surface area (Å²) in [6.07, 6.45) is 2.33. The second kappa shape index (κ2) is 8.78. The van der Waals surface area contributed by atoms with Crippen LogP contribution in [0.1, 0.15) is 11.3 Å². The number of aromatic amines is 2. The number of halogens is 2. The Bertz CT molecular complexity index is 2250. The summed E-state index contributed by atoms with van der Waals surface area (Å²) in [6.45, 7) is 0. The maximum Gasteiger partial charge on any atom is 0.260 e. The van der Waals surface area contributed by atoms with Crippen LogP contribution in [0.25, 0.3) is 49.4 Å². The quantitative estimate of drug-likeness (QED) is 0.220. The lowest BCUT2D eigenvalue weighted by molar-refractivity contribution is 0.600. The number of anilines is 1. The van der Waals surface area contributed by atoms with Gasteiger partial charge in [-0.05, 0) is 48.5 Å². The summed E-state index contributed by atoms with van der Waals surface area (Å²) in [6, 6.07) is 12.9. The molecule has 12 heteroatoms. The Hall–Kier alpha value is -4.97. The summed E-state index contributed by atoms with van der Waals surface area (Å²) in [5.74, 6) is -0.966. The molecule has 9 nitrogen and oxygen atoms in total. The predicted molar refractivity (Wildman–Crippen MR) is 152 cm³/mol. The molecule has 0 saturated carbocycles. The summed E-state index contributed by atoms with van der Waals surface area (Å²) in [4.78, 5) is 18.7. The minimum atomic E-state index is -3.78. The molecule has 3 aromatic heterocycles. The molecular weight excluding hydrogens is 540 g/mol. The molecule has 0 spiro atoms. The van der Waals surface area contributed by atoms with Crippen LogP contribution < -0.4 is 15.6 Å². The van der Waals surface area contributed by atoms with Crippen LogP contribution in [-0.2, 0) is 10.0 Å². The molecule has 0 saturated heterocycles. The number of fused-ring (bicyclic) bond motifs is 6. The number of allylic oxidation sites excluding steroid dienone is 1. The zero-order chi connectivity index (χ0) is 28.5. The van der Waals surface area contributed by atoms with Crippen molar-refractivity contribution in [1.29, 1.82) is 5.41 Å². The van der Waals surface area contributed by atoms with Crippen LogP contribution in [0.15, 0.2) is 69.9 Å². The first-order chi connectivity index (χ1) is 18.9. The summed E-state index contributed by atoms with van der Waals surface area (Å²) in [5.41, 5.74) is 7.45. The first-order valence-electron chi connectivity index (χ1n) is 11.9. The van der Waals surface area contributed by atoms with E-state index in [0.717, 1.165) is 10.6 Å². The number of nitrogens with two attached hydrogens (primary N) is 1. The molecule has 0 radical (unpaired) electrons. The van der Waals surface area contributed by atoms with Crippen molar-refractivity contribution in [2.45, 2.75) is 0 Å². The zero-order valence-corrected chi connectivity index (χ0v) is 21.9. The molecular formula is C28H21F2N5O4S. The van der Waals surface area contributed by atoms with Gasteiger partial charge in [0, 0.05) is 40.4 Å². The fraction of sp³-hybridized carbons (Fsp3) is 0.0714. The molecule has 0 aliphatic carbocycles. The highest BCUT2D eigenvalue weighted by Crippen LogP contribution is 2.36. The van der Waals surface area contributed by atoms with Crippen LogP contribution in [0, 0.1) is 17.0 Å². The van der Waals surface area contributed by atoms with Gasteiger partial charge < -0.3 is 25.5 Å². The van der Waals surface area contributed by atoms with E-state index in [1.165, 1.54) is 55.6 Å². The van der Waals surface area contributed by atoms with Crippen LogP contribution in [0.2, 0.25) is 0 Å². The largest absolute Gasteiger partial charge is 0.455 e. The zero-order valence-electron chi connectivity index (χ0n) is 21.1.